The predicted octanol–water partition coefficient (Wildman–Crippen LogP) is 6.34. The second-order valence-electron chi connectivity index (χ2n) is 15.0. The van der Waals surface area contributed by atoms with Gasteiger partial charge in [-0.2, -0.15) is 0 Å². The van der Waals surface area contributed by atoms with Gasteiger partial charge in [-0.15, -0.1) is 0 Å². The lowest BCUT2D eigenvalue weighted by Gasteiger charge is -2.72. The molecule has 1 N–H and O–H groups in total. The van der Waals surface area contributed by atoms with Gasteiger partial charge in [0.05, 0.1) is 12.2 Å². The van der Waals surface area contributed by atoms with E-state index in [4.69, 9.17) is 4.74 Å². The molecule has 0 aromatic heterocycles. The second kappa shape index (κ2) is 6.36. The molecule has 6 aliphatic rings. The van der Waals surface area contributed by atoms with Crippen molar-refractivity contribution in [2.75, 3.05) is 13.2 Å². The molecular weight excluding hydrogens is 408 g/mol. The zero-order valence-electron chi connectivity index (χ0n) is 21.9. The number of aliphatic hydroxyl groups is 1. The number of rotatable bonds is 1. The molecule has 3 heteroatoms. The van der Waals surface area contributed by atoms with Gasteiger partial charge in [0.15, 0.2) is 0 Å². The van der Waals surface area contributed by atoms with E-state index in [0.29, 0.717) is 35.6 Å². The summed E-state index contributed by atoms with van der Waals surface area (Å²) in [6.07, 6.45) is 15.2. The molecule has 5 aliphatic carbocycles. The van der Waals surface area contributed by atoms with Crippen molar-refractivity contribution in [2.24, 2.45) is 50.2 Å². The van der Waals surface area contributed by atoms with Gasteiger partial charge in [-0.1, -0.05) is 53.7 Å². The van der Waals surface area contributed by atoms with Gasteiger partial charge in [0.2, 0.25) is 0 Å². The molecule has 0 radical (unpaired) electrons. The molecule has 6 rings (SSSR count). The highest BCUT2D eigenvalue weighted by Crippen LogP contribution is 2.78. The fourth-order valence-electron chi connectivity index (χ4n) is 11.1. The molecule has 9 atom stereocenters. The fourth-order valence-corrected chi connectivity index (χ4v) is 11.1. The highest BCUT2D eigenvalue weighted by molar-refractivity contribution is 5.85. The van der Waals surface area contributed by atoms with Crippen LogP contribution in [-0.2, 0) is 9.53 Å². The van der Waals surface area contributed by atoms with Crippen molar-refractivity contribution >= 4 is 5.78 Å². The SMILES string of the molecule is CC1(C)C(=O)CC[C@]2(C)[C@H]3C=C[C@@]45OCC6(CC[C@](C)(CO)C[C@H]64)CC[C@@]5(C)[C@]3(C)CC[C@@H]12. The predicted molar refractivity (Wildman–Crippen MR) is 131 cm³/mol. The summed E-state index contributed by atoms with van der Waals surface area (Å²) in [6, 6.07) is 0. The van der Waals surface area contributed by atoms with Crippen LogP contribution in [0.3, 0.4) is 0 Å². The molecule has 1 heterocycles. The minimum absolute atomic E-state index is 0.0239. The van der Waals surface area contributed by atoms with Crippen LogP contribution >= 0.6 is 0 Å². The van der Waals surface area contributed by atoms with Crippen molar-refractivity contribution in [1.82, 2.24) is 0 Å². The molecule has 2 bridgehead atoms. The maximum Gasteiger partial charge on any atom is 0.138 e. The summed E-state index contributed by atoms with van der Waals surface area (Å²) in [6.45, 7) is 15.6. The third kappa shape index (κ3) is 2.38. The molecule has 184 valence electrons. The van der Waals surface area contributed by atoms with E-state index in [0.717, 1.165) is 38.7 Å². The summed E-state index contributed by atoms with van der Waals surface area (Å²) in [4.78, 5) is 12.9. The van der Waals surface area contributed by atoms with Crippen molar-refractivity contribution < 1.29 is 14.6 Å². The van der Waals surface area contributed by atoms with E-state index in [9.17, 15) is 9.90 Å². The zero-order valence-corrected chi connectivity index (χ0v) is 21.9. The van der Waals surface area contributed by atoms with Crippen LogP contribution in [0.4, 0.5) is 0 Å². The Hall–Kier alpha value is -0.670. The molecule has 1 saturated heterocycles. The van der Waals surface area contributed by atoms with Gasteiger partial charge in [0.25, 0.3) is 0 Å². The lowest BCUT2D eigenvalue weighted by atomic mass is 9.32. The lowest BCUT2D eigenvalue weighted by molar-refractivity contribution is -0.233. The highest BCUT2D eigenvalue weighted by atomic mass is 16.5. The molecule has 1 aliphatic heterocycles. The number of ketones is 1. The maximum absolute atomic E-state index is 12.9. The monoisotopic (exact) mass is 454 g/mol. The Kier molecular flexibility index (Phi) is 4.39. The van der Waals surface area contributed by atoms with Crippen LogP contribution in [0.25, 0.3) is 0 Å². The summed E-state index contributed by atoms with van der Waals surface area (Å²) < 4.78 is 7.07. The van der Waals surface area contributed by atoms with E-state index in [1.165, 1.54) is 25.7 Å². The van der Waals surface area contributed by atoms with E-state index in [-0.39, 0.29) is 32.7 Å². The summed E-state index contributed by atoms with van der Waals surface area (Å²) in [5, 5.41) is 10.3. The Balaban J connectivity index is 1.48. The van der Waals surface area contributed by atoms with Crippen LogP contribution in [0, 0.1) is 50.2 Å². The van der Waals surface area contributed by atoms with E-state index < -0.39 is 0 Å². The van der Waals surface area contributed by atoms with Gasteiger partial charge in [-0.3, -0.25) is 4.79 Å². The molecule has 0 aromatic carbocycles. The van der Waals surface area contributed by atoms with Gasteiger partial charge in [-0.05, 0) is 84.9 Å². The molecule has 5 fully saturated rings. The molecule has 3 nitrogen and oxygen atoms in total. The van der Waals surface area contributed by atoms with Crippen LogP contribution in [0.15, 0.2) is 12.2 Å². The van der Waals surface area contributed by atoms with E-state index in [1.54, 1.807) is 0 Å². The average molecular weight is 455 g/mol. The molecular formula is C30H46O3. The molecule has 33 heavy (non-hydrogen) atoms. The van der Waals surface area contributed by atoms with E-state index >= 15 is 0 Å². The highest BCUT2D eigenvalue weighted by Gasteiger charge is 2.77. The Bertz CT molecular complexity index is 922. The number of hydrogen-bond donors (Lipinski definition) is 1. The standard InChI is InChI=1S/C30H46O3/c1-24(2)20-7-11-27(5)21(26(20,4)10-9-23(24)32)8-12-30-22-17-25(3,18-31)13-15-29(22,19-33-30)16-14-28(27,30)6/h8,12,20-22,31H,7,9-11,13-19H2,1-6H3/t20-,21+,22+,25-,26-,27+,28-,29?,30+/m0/s1. The first-order chi connectivity index (χ1) is 15.3. The van der Waals surface area contributed by atoms with Crippen molar-refractivity contribution in [3.05, 3.63) is 12.2 Å². The Morgan fingerprint density at radius 1 is 0.970 bits per heavy atom. The Morgan fingerprint density at radius 3 is 2.42 bits per heavy atom. The minimum atomic E-state index is -0.212. The lowest BCUT2D eigenvalue weighted by Crippen LogP contribution is -2.70. The van der Waals surface area contributed by atoms with Gasteiger partial charge in [0, 0.05) is 29.8 Å². The summed E-state index contributed by atoms with van der Waals surface area (Å²) in [5.41, 5.74) is 0.361. The van der Waals surface area contributed by atoms with Crippen LogP contribution in [0.1, 0.15) is 99.3 Å². The molecule has 0 amide bonds. The summed E-state index contributed by atoms with van der Waals surface area (Å²) >= 11 is 0. The Labute approximate surface area is 201 Å². The summed E-state index contributed by atoms with van der Waals surface area (Å²) in [5.74, 6) is 1.95. The van der Waals surface area contributed by atoms with Crippen molar-refractivity contribution in [3.63, 3.8) is 0 Å². The number of fused-ring (bicyclic) bond motifs is 4. The van der Waals surface area contributed by atoms with E-state index in [2.05, 4.69) is 53.7 Å². The van der Waals surface area contributed by atoms with Gasteiger partial charge in [0.1, 0.15) is 5.78 Å². The number of carbonyl (C=O) groups excluding carboxylic acids is 1. The first-order valence-corrected chi connectivity index (χ1v) is 13.8. The number of allylic oxidation sites excluding steroid dienone is 1. The third-order valence-electron chi connectivity index (χ3n) is 13.6. The maximum atomic E-state index is 12.9. The largest absolute Gasteiger partial charge is 0.396 e. The molecule has 4 saturated carbocycles. The topological polar surface area (TPSA) is 46.5 Å². The van der Waals surface area contributed by atoms with Crippen molar-refractivity contribution in [3.8, 4) is 0 Å². The fraction of sp³-hybridized carbons (Fsp3) is 0.900. The second-order valence-corrected chi connectivity index (χ2v) is 15.0. The smallest absolute Gasteiger partial charge is 0.138 e. The van der Waals surface area contributed by atoms with Gasteiger partial charge in [-0.25, -0.2) is 0 Å². The number of hydrogen-bond acceptors (Lipinski definition) is 3. The van der Waals surface area contributed by atoms with Crippen LogP contribution in [0.5, 0.6) is 0 Å². The average Bonchev–Trinajstić information content (AvgIpc) is 3.01. The van der Waals surface area contributed by atoms with Crippen molar-refractivity contribution in [1.29, 1.82) is 0 Å². The number of aliphatic hydroxyl groups excluding tert-OH is 1. The van der Waals surface area contributed by atoms with Crippen molar-refractivity contribution in [2.45, 2.75) is 105 Å². The first kappa shape index (κ1) is 22.8. The number of carbonyl (C=O) groups is 1. The zero-order chi connectivity index (χ0) is 23.7. The van der Waals surface area contributed by atoms with E-state index in [1.807, 2.05) is 0 Å². The molecule has 1 spiro atoms. The van der Waals surface area contributed by atoms with Crippen LogP contribution in [-0.4, -0.2) is 29.7 Å². The quantitative estimate of drug-likeness (QED) is 0.470. The molecule has 1 unspecified atom stereocenters. The van der Waals surface area contributed by atoms with Crippen LogP contribution in [0.2, 0.25) is 0 Å². The minimum Gasteiger partial charge on any atom is -0.396 e. The van der Waals surface area contributed by atoms with Crippen LogP contribution < -0.4 is 0 Å². The van der Waals surface area contributed by atoms with Gasteiger partial charge >= 0.3 is 0 Å². The first-order valence-electron chi connectivity index (χ1n) is 13.8. The Morgan fingerprint density at radius 2 is 1.70 bits per heavy atom. The molecule has 0 aromatic rings. The van der Waals surface area contributed by atoms with Gasteiger partial charge < -0.3 is 9.84 Å². The summed E-state index contributed by atoms with van der Waals surface area (Å²) in [7, 11) is 0. The normalized spacial score (nSPS) is 58.8. The third-order valence-corrected chi connectivity index (χ3v) is 13.6. The number of ether oxygens (including phenoxy) is 1. The number of Topliss-reactive ketones (excluding diaryl/α,β-unsaturated/α-hetero) is 1.